The second kappa shape index (κ2) is 6.92. The highest BCUT2D eigenvalue weighted by molar-refractivity contribution is 9.10. The minimum Gasteiger partial charge on any atom is -0.348 e. The Morgan fingerprint density at radius 2 is 2.04 bits per heavy atom. The van der Waals surface area contributed by atoms with Crippen molar-refractivity contribution in [3.05, 3.63) is 75.9 Å². The second-order valence-electron chi connectivity index (χ2n) is 5.09. The summed E-state index contributed by atoms with van der Waals surface area (Å²) in [5.74, 6) is -1.76. The quantitative estimate of drug-likeness (QED) is 0.704. The van der Waals surface area contributed by atoms with E-state index < -0.39 is 17.5 Å². The van der Waals surface area contributed by atoms with Crippen molar-refractivity contribution in [2.45, 2.75) is 6.54 Å². The lowest BCUT2D eigenvalue weighted by Crippen LogP contribution is -2.23. The molecule has 3 rings (SSSR count). The van der Waals surface area contributed by atoms with Gasteiger partial charge < -0.3 is 5.32 Å². The molecule has 2 aromatic carbocycles. The summed E-state index contributed by atoms with van der Waals surface area (Å²) in [5, 5.41) is 9.31. The lowest BCUT2D eigenvalue weighted by Gasteiger charge is -2.07. The third-order valence-corrected chi connectivity index (χ3v) is 3.95. The van der Waals surface area contributed by atoms with Crippen LogP contribution in [0.5, 0.6) is 0 Å². The van der Waals surface area contributed by atoms with Gasteiger partial charge in [0.05, 0.1) is 17.5 Å². The van der Waals surface area contributed by atoms with E-state index in [-0.39, 0.29) is 12.1 Å². The molecule has 0 saturated carbocycles. The van der Waals surface area contributed by atoms with Crippen molar-refractivity contribution < 1.29 is 13.6 Å². The van der Waals surface area contributed by atoms with Gasteiger partial charge in [0.2, 0.25) is 0 Å². The number of H-pyrrole nitrogens is 1. The Bertz CT molecular complexity index is 895. The van der Waals surface area contributed by atoms with E-state index in [0.29, 0.717) is 11.3 Å². The number of benzene rings is 2. The highest BCUT2D eigenvalue weighted by atomic mass is 79.9. The maximum Gasteiger partial charge on any atom is 0.255 e. The molecular weight excluding hydrogens is 380 g/mol. The molecule has 1 heterocycles. The normalized spacial score (nSPS) is 10.6. The number of amides is 1. The van der Waals surface area contributed by atoms with Crippen LogP contribution in [0.4, 0.5) is 8.78 Å². The molecule has 0 saturated heterocycles. The predicted molar refractivity (Wildman–Crippen MR) is 89.3 cm³/mol. The van der Waals surface area contributed by atoms with Gasteiger partial charge in [-0.05, 0) is 18.2 Å². The van der Waals surface area contributed by atoms with Gasteiger partial charge >= 0.3 is 0 Å². The zero-order chi connectivity index (χ0) is 17.1. The van der Waals surface area contributed by atoms with Crippen LogP contribution >= 0.6 is 15.9 Å². The van der Waals surface area contributed by atoms with Gasteiger partial charge in [0, 0.05) is 28.2 Å². The summed E-state index contributed by atoms with van der Waals surface area (Å²) in [6.45, 7) is -0.0476. The van der Waals surface area contributed by atoms with Gasteiger partial charge in [0.25, 0.3) is 5.91 Å². The fourth-order valence-corrected chi connectivity index (χ4v) is 2.66. The summed E-state index contributed by atoms with van der Waals surface area (Å²) in [6, 6.07) is 10.6. The van der Waals surface area contributed by atoms with Crippen LogP contribution in [0.3, 0.4) is 0 Å². The lowest BCUT2D eigenvalue weighted by atomic mass is 10.1. The Balaban J connectivity index is 1.78. The third kappa shape index (κ3) is 3.51. The van der Waals surface area contributed by atoms with Crippen molar-refractivity contribution >= 4 is 21.8 Å². The van der Waals surface area contributed by atoms with Gasteiger partial charge in [-0.2, -0.15) is 5.10 Å². The Labute approximate surface area is 145 Å². The molecule has 0 aliphatic heterocycles. The molecule has 122 valence electrons. The van der Waals surface area contributed by atoms with Crippen molar-refractivity contribution in [3.63, 3.8) is 0 Å². The number of halogens is 3. The first-order chi connectivity index (χ1) is 11.5. The van der Waals surface area contributed by atoms with Crippen LogP contribution < -0.4 is 5.32 Å². The third-order valence-electron chi connectivity index (χ3n) is 3.45. The van der Waals surface area contributed by atoms with E-state index >= 15 is 0 Å². The maximum absolute atomic E-state index is 13.6. The molecule has 1 aromatic heterocycles. The van der Waals surface area contributed by atoms with E-state index in [1.54, 1.807) is 0 Å². The number of hydrogen-bond donors (Lipinski definition) is 2. The van der Waals surface area contributed by atoms with E-state index in [1.807, 2.05) is 24.3 Å². The average molecular weight is 392 g/mol. The first-order valence-corrected chi connectivity index (χ1v) is 7.85. The van der Waals surface area contributed by atoms with Crippen LogP contribution in [0.15, 0.2) is 53.1 Å². The zero-order valence-electron chi connectivity index (χ0n) is 12.3. The minimum absolute atomic E-state index is 0.0476. The van der Waals surface area contributed by atoms with Crippen LogP contribution in [0, 0.1) is 11.6 Å². The molecule has 3 aromatic rings. The smallest absolute Gasteiger partial charge is 0.255 e. The van der Waals surface area contributed by atoms with Crippen molar-refractivity contribution in [1.29, 1.82) is 0 Å². The molecule has 0 fully saturated rings. The van der Waals surface area contributed by atoms with Gasteiger partial charge in [-0.15, -0.1) is 0 Å². The summed E-state index contributed by atoms with van der Waals surface area (Å²) >= 11 is 3.38. The second-order valence-corrected chi connectivity index (χ2v) is 6.00. The molecule has 7 heteroatoms. The Kier molecular flexibility index (Phi) is 4.71. The van der Waals surface area contributed by atoms with Gasteiger partial charge in [-0.3, -0.25) is 9.89 Å². The van der Waals surface area contributed by atoms with Crippen molar-refractivity contribution in [1.82, 2.24) is 15.5 Å². The topological polar surface area (TPSA) is 57.8 Å². The fraction of sp³-hybridized carbons (Fsp3) is 0.0588. The summed E-state index contributed by atoms with van der Waals surface area (Å²) in [7, 11) is 0. The van der Waals surface area contributed by atoms with Gasteiger partial charge in [-0.25, -0.2) is 8.78 Å². The number of carbonyl (C=O) groups excluding carboxylic acids is 1. The molecular formula is C17H12BrF2N3O. The monoisotopic (exact) mass is 391 g/mol. The SMILES string of the molecule is O=C(NCc1ccc(F)cc1F)c1cn[nH]c1-c1cccc(Br)c1. The van der Waals surface area contributed by atoms with E-state index in [1.165, 1.54) is 12.3 Å². The number of hydrogen-bond acceptors (Lipinski definition) is 2. The van der Waals surface area contributed by atoms with E-state index in [2.05, 4.69) is 31.4 Å². The van der Waals surface area contributed by atoms with E-state index in [0.717, 1.165) is 22.2 Å². The first-order valence-electron chi connectivity index (χ1n) is 7.06. The van der Waals surface area contributed by atoms with Gasteiger partial charge in [0.15, 0.2) is 0 Å². The largest absolute Gasteiger partial charge is 0.348 e. The summed E-state index contributed by atoms with van der Waals surface area (Å²) in [4.78, 5) is 12.4. The number of rotatable bonds is 4. The molecule has 2 N–H and O–H groups in total. The molecule has 0 atom stereocenters. The van der Waals surface area contributed by atoms with Crippen LogP contribution in [0.2, 0.25) is 0 Å². The number of aromatic amines is 1. The lowest BCUT2D eigenvalue weighted by molar-refractivity contribution is 0.0951. The van der Waals surface area contributed by atoms with Crippen LogP contribution in [0.25, 0.3) is 11.3 Å². The Morgan fingerprint density at radius 1 is 1.21 bits per heavy atom. The molecule has 0 unspecified atom stereocenters. The molecule has 24 heavy (non-hydrogen) atoms. The molecule has 0 bridgehead atoms. The van der Waals surface area contributed by atoms with Crippen LogP contribution in [0.1, 0.15) is 15.9 Å². The Morgan fingerprint density at radius 3 is 2.79 bits per heavy atom. The maximum atomic E-state index is 13.6. The standard InChI is InChI=1S/C17H12BrF2N3O/c18-12-3-1-2-10(6-12)16-14(9-22-23-16)17(24)21-8-11-4-5-13(19)7-15(11)20/h1-7,9H,8H2,(H,21,24)(H,22,23). The predicted octanol–water partition coefficient (Wildman–Crippen LogP) is 4.05. The number of carbonyl (C=O) groups is 1. The fourth-order valence-electron chi connectivity index (χ4n) is 2.26. The molecule has 0 radical (unpaired) electrons. The van der Waals surface area contributed by atoms with Crippen LogP contribution in [-0.4, -0.2) is 16.1 Å². The van der Waals surface area contributed by atoms with Gasteiger partial charge in [-0.1, -0.05) is 34.1 Å². The van der Waals surface area contributed by atoms with Crippen molar-refractivity contribution in [2.24, 2.45) is 0 Å². The van der Waals surface area contributed by atoms with Crippen molar-refractivity contribution in [2.75, 3.05) is 0 Å². The molecule has 0 spiro atoms. The molecule has 1 amide bonds. The van der Waals surface area contributed by atoms with Crippen LogP contribution in [-0.2, 0) is 6.54 Å². The number of nitrogens with one attached hydrogen (secondary N) is 2. The van der Waals surface area contributed by atoms with Gasteiger partial charge in [0.1, 0.15) is 11.6 Å². The molecule has 4 nitrogen and oxygen atoms in total. The van der Waals surface area contributed by atoms with Crippen molar-refractivity contribution in [3.8, 4) is 11.3 Å². The summed E-state index contributed by atoms with van der Waals surface area (Å²) < 4.78 is 27.4. The minimum atomic E-state index is -0.699. The van der Waals surface area contributed by atoms with E-state index in [4.69, 9.17) is 0 Å². The summed E-state index contributed by atoms with van der Waals surface area (Å²) in [5.41, 5.74) is 1.90. The summed E-state index contributed by atoms with van der Waals surface area (Å²) in [6.07, 6.45) is 1.41. The highest BCUT2D eigenvalue weighted by Gasteiger charge is 2.16. The zero-order valence-corrected chi connectivity index (χ0v) is 13.9. The Hall–Kier alpha value is -2.54. The molecule has 0 aliphatic carbocycles. The highest BCUT2D eigenvalue weighted by Crippen LogP contribution is 2.24. The number of nitrogens with zero attached hydrogens (tertiary/aromatic N) is 1. The molecule has 0 aliphatic rings. The number of aromatic nitrogens is 2. The first kappa shape index (κ1) is 16.3. The van der Waals surface area contributed by atoms with E-state index in [9.17, 15) is 13.6 Å². The average Bonchev–Trinajstić information content (AvgIpc) is 3.03.